The summed E-state index contributed by atoms with van der Waals surface area (Å²) in [6.07, 6.45) is 1.75. The van der Waals surface area contributed by atoms with Crippen LogP contribution in [0.25, 0.3) is 0 Å². The van der Waals surface area contributed by atoms with E-state index in [2.05, 4.69) is 11.9 Å². The number of hydrogen-bond donors (Lipinski definition) is 2. The van der Waals surface area contributed by atoms with E-state index in [9.17, 15) is 4.79 Å². The molecule has 0 rings (SSSR count). The summed E-state index contributed by atoms with van der Waals surface area (Å²) in [5.41, 5.74) is 5.23. The second-order valence-electron chi connectivity index (χ2n) is 1.98. The maximum absolute atomic E-state index is 11.2. The predicted octanol–water partition coefficient (Wildman–Crippen LogP) is 0.842. The average molecular weight is 186 g/mol. The summed E-state index contributed by atoms with van der Waals surface area (Å²) in [6, 6.07) is 0. The van der Waals surface area contributed by atoms with E-state index in [0.29, 0.717) is 18.0 Å². The predicted molar refractivity (Wildman–Crippen MR) is 53.6 cm³/mol. The minimum absolute atomic E-state index is 0.0900. The quantitative estimate of drug-likeness (QED) is 0.626. The number of nitrogens with two attached hydrogens (primary N) is 1. The summed E-state index contributed by atoms with van der Waals surface area (Å²) in [4.78, 5) is 11.9. The fourth-order valence-corrected chi connectivity index (χ4v) is 1.11. The number of carbonyl (C=O) groups excluding carboxylic acids is 1. The van der Waals surface area contributed by atoms with Crippen molar-refractivity contribution in [3.63, 3.8) is 0 Å². The molecule has 0 radical (unpaired) electrons. The molecule has 3 nitrogen and oxygen atoms in total. The van der Waals surface area contributed by atoms with Gasteiger partial charge in [-0.15, -0.1) is 0 Å². The molecule has 68 valence electrons. The van der Waals surface area contributed by atoms with Crippen LogP contribution in [0, 0.1) is 0 Å². The van der Waals surface area contributed by atoms with Crippen LogP contribution in [0.2, 0.25) is 0 Å². The third-order valence-corrected chi connectivity index (χ3v) is 1.97. The van der Waals surface area contributed by atoms with Crippen molar-refractivity contribution < 1.29 is 4.79 Å². The van der Waals surface area contributed by atoms with E-state index >= 15 is 0 Å². The Hall–Kier alpha value is -0.740. The summed E-state index contributed by atoms with van der Waals surface area (Å²) >= 11 is 1.31. The molecule has 0 spiro atoms. The van der Waals surface area contributed by atoms with E-state index in [1.165, 1.54) is 11.8 Å². The zero-order valence-electron chi connectivity index (χ0n) is 7.17. The number of thioether (sulfide) groups is 1. The standard InChI is InChI=1S/C8H14N2OS/c1-3-7(12-4-2)8(11)10-6-5-9/h3-4H,2,5-6,9H2,1H3,(H,10,11)/b7-3-. The van der Waals surface area contributed by atoms with Crippen molar-refractivity contribution >= 4 is 17.7 Å². The van der Waals surface area contributed by atoms with Crippen LogP contribution < -0.4 is 11.1 Å². The number of allylic oxidation sites excluding steroid dienone is 1. The Kier molecular flexibility index (Phi) is 6.51. The van der Waals surface area contributed by atoms with Crippen molar-refractivity contribution in [2.75, 3.05) is 13.1 Å². The zero-order chi connectivity index (χ0) is 9.40. The molecule has 12 heavy (non-hydrogen) atoms. The Labute approximate surface area is 77.1 Å². The molecule has 0 bridgehead atoms. The molecule has 0 aliphatic carbocycles. The van der Waals surface area contributed by atoms with Gasteiger partial charge in [0.15, 0.2) is 0 Å². The first kappa shape index (κ1) is 11.3. The lowest BCUT2D eigenvalue weighted by Crippen LogP contribution is -2.29. The Morgan fingerprint density at radius 2 is 2.42 bits per heavy atom. The molecule has 0 heterocycles. The van der Waals surface area contributed by atoms with E-state index in [0.717, 1.165) is 0 Å². The van der Waals surface area contributed by atoms with Gasteiger partial charge in [-0.05, 0) is 12.3 Å². The van der Waals surface area contributed by atoms with Gasteiger partial charge in [0.05, 0.1) is 4.91 Å². The summed E-state index contributed by atoms with van der Waals surface area (Å²) in [5, 5.41) is 4.29. The Morgan fingerprint density at radius 3 is 2.83 bits per heavy atom. The molecule has 0 atom stereocenters. The van der Waals surface area contributed by atoms with Gasteiger partial charge in [0.1, 0.15) is 0 Å². The van der Waals surface area contributed by atoms with Crippen molar-refractivity contribution in [1.82, 2.24) is 5.32 Å². The van der Waals surface area contributed by atoms with Crippen molar-refractivity contribution in [2.45, 2.75) is 6.92 Å². The van der Waals surface area contributed by atoms with Gasteiger partial charge in [0.2, 0.25) is 0 Å². The number of rotatable bonds is 5. The van der Waals surface area contributed by atoms with Crippen LogP contribution in [-0.4, -0.2) is 19.0 Å². The Balaban J connectivity index is 3.95. The SMILES string of the molecule is C=CS/C(=C\C)C(=O)NCCN. The van der Waals surface area contributed by atoms with Gasteiger partial charge in [-0.2, -0.15) is 0 Å². The fraction of sp³-hybridized carbons (Fsp3) is 0.375. The minimum Gasteiger partial charge on any atom is -0.350 e. The second-order valence-corrected chi connectivity index (χ2v) is 2.99. The second kappa shape index (κ2) is 6.94. The normalized spacial score (nSPS) is 11.0. The third kappa shape index (κ3) is 4.20. The first-order chi connectivity index (χ1) is 5.76. The van der Waals surface area contributed by atoms with Gasteiger partial charge in [-0.1, -0.05) is 24.4 Å². The Bertz CT molecular complexity index is 189. The van der Waals surface area contributed by atoms with Crippen LogP contribution in [0.15, 0.2) is 23.0 Å². The maximum Gasteiger partial charge on any atom is 0.257 e. The molecule has 0 aromatic heterocycles. The van der Waals surface area contributed by atoms with E-state index < -0.39 is 0 Å². The monoisotopic (exact) mass is 186 g/mol. The lowest BCUT2D eigenvalue weighted by atomic mass is 10.5. The molecule has 3 N–H and O–H groups in total. The van der Waals surface area contributed by atoms with Crippen molar-refractivity contribution in [2.24, 2.45) is 5.73 Å². The van der Waals surface area contributed by atoms with Crippen LogP contribution in [0.5, 0.6) is 0 Å². The topological polar surface area (TPSA) is 55.1 Å². The molecule has 0 aromatic carbocycles. The molecule has 0 aromatic rings. The van der Waals surface area contributed by atoms with Crippen molar-refractivity contribution in [3.8, 4) is 0 Å². The van der Waals surface area contributed by atoms with Crippen LogP contribution in [-0.2, 0) is 4.79 Å². The molecular weight excluding hydrogens is 172 g/mol. The van der Waals surface area contributed by atoms with E-state index in [4.69, 9.17) is 5.73 Å². The zero-order valence-corrected chi connectivity index (χ0v) is 7.99. The molecular formula is C8H14N2OS. The van der Waals surface area contributed by atoms with E-state index in [-0.39, 0.29) is 5.91 Å². The number of carbonyl (C=O) groups is 1. The summed E-state index contributed by atoms with van der Waals surface area (Å²) < 4.78 is 0. The van der Waals surface area contributed by atoms with E-state index in [1.807, 2.05) is 6.92 Å². The highest BCUT2D eigenvalue weighted by atomic mass is 32.2. The lowest BCUT2D eigenvalue weighted by molar-refractivity contribution is -0.116. The largest absolute Gasteiger partial charge is 0.350 e. The van der Waals surface area contributed by atoms with Crippen molar-refractivity contribution in [1.29, 1.82) is 0 Å². The summed E-state index contributed by atoms with van der Waals surface area (Å²) in [7, 11) is 0. The smallest absolute Gasteiger partial charge is 0.257 e. The maximum atomic E-state index is 11.2. The number of hydrogen-bond acceptors (Lipinski definition) is 3. The first-order valence-corrected chi connectivity index (χ1v) is 4.56. The van der Waals surface area contributed by atoms with Crippen LogP contribution in [0.4, 0.5) is 0 Å². The molecule has 0 unspecified atom stereocenters. The van der Waals surface area contributed by atoms with E-state index in [1.54, 1.807) is 11.5 Å². The highest BCUT2D eigenvalue weighted by Crippen LogP contribution is 2.15. The third-order valence-electron chi connectivity index (χ3n) is 1.13. The molecule has 0 aliphatic rings. The van der Waals surface area contributed by atoms with Gasteiger partial charge >= 0.3 is 0 Å². The molecule has 4 heteroatoms. The summed E-state index contributed by atoms with van der Waals surface area (Å²) in [5.74, 6) is -0.0900. The van der Waals surface area contributed by atoms with Crippen LogP contribution >= 0.6 is 11.8 Å². The molecule has 0 saturated carbocycles. The van der Waals surface area contributed by atoms with Crippen LogP contribution in [0.3, 0.4) is 0 Å². The highest BCUT2D eigenvalue weighted by Gasteiger charge is 2.05. The average Bonchev–Trinajstić information content (AvgIpc) is 2.10. The summed E-state index contributed by atoms with van der Waals surface area (Å²) in [6.45, 7) is 6.31. The minimum atomic E-state index is -0.0900. The molecule has 0 fully saturated rings. The van der Waals surface area contributed by atoms with Gasteiger partial charge in [-0.3, -0.25) is 4.79 Å². The number of amides is 1. The van der Waals surface area contributed by atoms with Crippen molar-refractivity contribution in [3.05, 3.63) is 23.0 Å². The van der Waals surface area contributed by atoms with Gasteiger partial charge in [0.25, 0.3) is 5.91 Å². The Morgan fingerprint density at radius 1 is 1.75 bits per heavy atom. The van der Waals surface area contributed by atoms with Gasteiger partial charge in [0, 0.05) is 13.1 Å². The first-order valence-electron chi connectivity index (χ1n) is 3.68. The highest BCUT2D eigenvalue weighted by molar-refractivity contribution is 8.06. The molecule has 0 saturated heterocycles. The van der Waals surface area contributed by atoms with Gasteiger partial charge < -0.3 is 11.1 Å². The fourth-order valence-electron chi connectivity index (χ4n) is 0.615. The molecule has 1 amide bonds. The van der Waals surface area contributed by atoms with Gasteiger partial charge in [-0.25, -0.2) is 0 Å². The lowest BCUT2D eigenvalue weighted by Gasteiger charge is -2.03. The molecule has 0 aliphatic heterocycles. The number of nitrogens with one attached hydrogen (secondary N) is 1. The van der Waals surface area contributed by atoms with Crippen LogP contribution in [0.1, 0.15) is 6.92 Å².